The van der Waals surface area contributed by atoms with Gasteiger partial charge in [0.1, 0.15) is 4.21 Å². The molecule has 1 aromatic rings. The van der Waals surface area contributed by atoms with Gasteiger partial charge in [-0.1, -0.05) is 6.42 Å². The molecule has 0 aromatic carbocycles. The fourth-order valence-electron chi connectivity index (χ4n) is 3.34. The van der Waals surface area contributed by atoms with Crippen LogP contribution in [0, 0.1) is 17.2 Å². The molecule has 25 heavy (non-hydrogen) atoms. The number of hydrogen-bond donors (Lipinski definition) is 0. The van der Waals surface area contributed by atoms with E-state index in [1.165, 1.54) is 11.3 Å². The second-order valence-corrected chi connectivity index (χ2v) is 9.98. The van der Waals surface area contributed by atoms with Crippen LogP contribution in [0.25, 0.3) is 0 Å². The molecule has 2 saturated heterocycles. The van der Waals surface area contributed by atoms with Crippen LogP contribution in [0.2, 0.25) is 0 Å². The van der Waals surface area contributed by atoms with Crippen molar-refractivity contribution in [2.45, 2.75) is 42.7 Å². The minimum absolute atomic E-state index is 0.0140. The highest BCUT2D eigenvalue weighted by Gasteiger charge is 2.28. The van der Waals surface area contributed by atoms with Gasteiger partial charge in [0.2, 0.25) is 5.91 Å². The molecule has 0 bridgehead atoms. The predicted octanol–water partition coefficient (Wildman–Crippen LogP) is 2.23. The predicted molar refractivity (Wildman–Crippen MR) is 95.5 cm³/mol. The molecule has 0 spiro atoms. The van der Waals surface area contributed by atoms with Gasteiger partial charge >= 0.3 is 0 Å². The number of nitriles is 1. The quantitative estimate of drug-likeness (QED) is 0.801. The molecule has 2 fully saturated rings. The molecule has 0 saturated carbocycles. The summed E-state index contributed by atoms with van der Waals surface area (Å²) in [6.07, 6.45) is 4.59. The molecule has 3 rings (SSSR count). The second-order valence-electron chi connectivity index (χ2n) is 6.65. The van der Waals surface area contributed by atoms with Crippen LogP contribution in [0.4, 0.5) is 0 Å². The fourth-order valence-corrected chi connectivity index (χ4v) is 6.36. The van der Waals surface area contributed by atoms with Gasteiger partial charge < -0.3 is 4.90 Å². The second kappa shape index (κ2) is 7.85. The Labute approximate surface area is 153 Å². The van der Waals surface area contributed by atoms with Crippen LogP contribution in [0.15, 0.2) is 16.3 Å². The van der Waals surface area contributed by atoms with E-state index in [4.69, 9.17) is 5.26 Å². The highest BCUT2D eigenvalue weighted by Crippen LogP contribution is 2.28. The van der Waals surface area contributed by atoms with Crippen LogP contribution >= 0.6 is 11.3 Å². The Balaban J connectivity index is 1.62. The zero-order chi connectivity index (χ0) is 17.9. The number of likely N-dealkylation sites (tertiary alicyclic amines) is 1. The summed E-state index contributed by atoms with van der Waals surface area (Å²) in [6.45, 7) is 2.40. The lowest BCUT2D eigenvalue weighted by atomic mass is 9.98. The minimum Gasteiger partial charge on any atom is -0.342 e. The summed E-state index contributed by atoms with van der Waals surface area (Å²) in [7, 11) is -3.42. The summed E-state index contributed by atoms with van der Waals surface area (Å²) < 4.78 is 27.2. The summed E-state index contributed by atoms with van der Waals surface area (Å²) in [5.41, 5.74) is 0. The standard InChI is InChI=1S/C17H23N3O3S2/c18-13-14-6-10-19(11-7-14)16(21)12-15-4-5-17(24-15)25(22,23)20-8-2-1-3-9-20/h4-5,14H,1-3,6-12H2. The summed E-state index contributed by atoms with van der Waals surface area (Å²) in [5, 5.41) is 8.92. The van der Waals surface area contributed by atoms with Crippen molar-refractivity contribution in [1.29, 1.82) is 5.26 Å². The van der Waals surface area contributed by atoms with E-state index in [2.05, 4.69) is 6.07 Å². The first-order valence-electron chi connectivity index (χ1n) is 8.77. The number of carbonyl (C=O) groups is 1. The first-order valence-corrected chi connectivity index (χ1v) is 11.0. The first kappa shape index (κ1) is 18.4. The maximum atomic E-state index is 12.7. The molecule has 0 unspecified atom stereocenters. The normalized spacial score (nSPS) is 20.4. The van der Waals surface area contributed by atoms with Gasteiger partial charge in [-0.3, -0.25) is 4.79 Å². The van der Waals surface area contributed by atoms with Gasteiger partial charge in [-0.25, -0.2) is 8.42 Å². The first-order chi connectivity index (χ1) is 12.0. The number of hydrogen-bond acceptors (Lipinski definition) is 5. The largest absolute Gasteiger partial charge is 0.342 e. The summed E-state index contributed by atoms with van der Waals surface area (Å²) in [4.78, 5) is 15.0. The van der Waals surface area contributed by atoms with E-state index >= 15 is 0 Å². The van der Waals surface area contributed by atoms with Gasteiger partial charge in [0.25, 0.3) is 10.0 Å². The van der Waals surface area contributed by atoms with E-state index in [-0.39, 0.29) is 18.2 Å². The molecule has 0 radical (unpaired) electrons. The van der Waals surface area contributed by atoms with Crippen molar-refractivity contribution in [3.8, 4) is 6.07 Å². The van der Waals surface area contributed by atoms with Crippen LogP contribution in [0.3, 0.4) is 0 Å². The Kier molecular flexibility index (Phi) is 5.77. The molecule has 6 nitrogen and oxygen atoms in total. The van der Waals surface area contributed by atoms with Gasteiger partial charge in [-0.05, 0) is 37.8 Å². The smallest absolute Gasteiger partial charge is 0.252 e. The Hall–Kier alpha value is -1.43. The number of nitrogens with zero attached hydrogens (tertiary/aromatic N) is 3. The molecule has 8 heteroatoms. The van der Waals surface area contributed by atoms with Crippen LogP contribution < -0.4 is 0 Å². The molecule has 3 heterocycles. The van der Waals surface area contributed by atoms with Crippen molar-refractivity contribution in [3.63, 3.8) is 0 Å². The van der Waals surface area contributed by atoms with E-state index in [9.17, 15) is 13.2 Å². The number of sulfonamides is 1. The number of piperidine rings is 2. The van der Waals surface area contributed by atoms with E-state index < -0.39 is 10.0 Å². The zero-order valence-corrected chi connectivity index (χ0v) is 15.8. The lowest BCUT2D eigenvalue weighted by molar-refractivity contribution is -0.131. The maximum absolute atomic E-state index is 12.7. The van der Waals surface area contributed by atoms with E-state index in [0.717, 1.165) is 37.0 Å². The van der Waals surface area contributed by atoms with Crippen LogP contribution in [0.5, 0.6) is 0 Å². The highest BCUT2D eigenvalue weighted by atomic mass is 32.2. The third kappa shape index (κ3) is 4.22. The lowest BCUT2D eigenvalue weighted by Crippen LogP contribution is -2.38. The maximum Gasteiger partial charge on any atom is 0.252 e. The van der Waals surface area contributed by atoms with Crippen molar-refractivity contribution in [2.24, 2.45) is 5.92 Å². The van der Waals surface area contributed by atoms with Crippen molar-refractivity contribution in [3.05, 3.63) is 17.0 Å². The molecular weight excluding hydrogens is 358 g/mol. The van der Waals surface area contributed by atoms with E-state index in [0.29, 0.717) is 30.4 Å². The Morgan fingerprint density at radius 2 is 1.84 bits per heavy atom. The number of amides is 1. The van der Waals surface area contributed by atoms with Gasteiger partial charge in [-0.2, -0.15) is 9.57 Å². The Morgan fingerprint density at radius 1 is 1.16 bits per heavy atom. The summed E-state index contributed by atoms with van der Waals surface area (Å²) in [5.74, 6) is 0.0623. The number of thiophene rings is 1. The van der Waals surface area contributed by atoms with Crippen LogP contribution in [-0.2, 0) is 21.2 Å². The van der Waals surface area contributed by atoms with E-state index in [1.54, 1.807) is 21.3 Å². The van der Waals surface area contributed by atoms with Gasteiger partial charge in [0.15, 0.2) is 0 Å². The topological polar surface area (TPSA) is 81.5 Å². The van der Waals surface area contributed by atoms with Crippen molar-refractivity contribution in [2.75, 3.05) is 26.2 Å². The molecular formula is C17H23N3O3S2. The van der Waals surface area contributed by atoms with Crippen molar-refractivity contribution < 1.29 is 13.2 Å². The summed E-state index contributed by atoms with van der Waals surface area (Å²) in [6, 6.07) is 5.63. The third-order valence-electron chi connectivity index (χ3n) is 4.90. The third-order valence-corrected chi connectivity index (χ3v) is 8.35. The minimum atomic E-state index is -3.42. The highest BCUT2D eigenvalue weighted by molar-refractivity contribution is 7.91. The molecule has 2 aliphatic heterocycles. The van der Waals surface area contributed by atoms with Crippen LogP contribution in [-0.4, -0.2) is 49.7 Å². The average Bonchev–Trinajstić information content (AvgIpc) is 3.12. The van der Waals surface area contributed by atoms with Crippen LogP contribution in [0.1, 0.15) is 37.0 Å². The molecule has 2 aliphatic rings. The molecule has 0 aliphatic carbocycles. The summed E-state index contributed by atoms with van der Waals surface area (Å²) >= 11 is 1.20. The van der Waals surface area contributed by atoms with Gasteiger partial charge in [0.05, 0.1) is 12.5 Å². The number of carbonyl (C=O) groups excluding carboxylic acids is 1. The van der Waals surface area contributed by atoms with Gasteiger partial charge in [0, 0.05) is 37.0 Å². The van der Waals surface area contributed by atoms with Crippen molar-refractivity contribution >= 4 is 27.3 Å². The zero-order valence-electron chi connectivity index (χ0n) is 14.2. The molecule has 0 N–H and O–H groups in total. The molecule has 136 valence electrons. The Bertz CT molecular complexity index is 752. The molecule has 0 atom stereocenters. The van der Waals surface area contributed by atoms with Gasteiger partial charge in [-0.15, -0.1) is 11.3 Å². The number of rotatable bonds is 4. The fraction of sp³-hybridized carbons (Fsp3) is 0.647. The van der Waals surface area contributed by atoms with Crippen molar-refractivity contribution in [1.82, 2.24) is 9.21 Å². The SMILES string of the molecule is N#CC1CCN(C(=O)Cc2ccc(S(=O)(=O)N3CCCCC3)s2)CC1. The van der Waals surface area contributed by atoms with E-state index in [1.807, 2.05) is 0 Å². The lowest BCUT2D eigenvalue weighted by Gasteiger charge is -2.29. The monoisotopic (exact) mass is 381 g/mol. The molecule has 1 amide bonds. The molecule has 1 aromatic heterocycles. The Morgan fingerprint density at radius 3 is 2.48 bits per heavy atom. The average molecular weight is 382 g/mol.